The zero-order chi connectivity index (χ0) is 18.7. The van der Waals surface area contributed by atoms with E-state index >= 15 is 0 Å². The molecule has 6 heteroatoms. The fourth-order valence-electron chi connectivity index (χ4n) is 2.80. The van der Waals surface area contributed by atoms with Gasteiger partial charge in [-0.2, -0.15) is 0 Å². The number of carbonyl (C=O) groups is 2. The predicted octanol–water partition coefficient (Wildman–Crippen LogP) is 4.51. The van der Waals surface area contributed by atoms with Crippen LogP contribution < -0.4 is 10.6 Å². The molecule has 2 atom stereocenters. The Morgan fingerprint density at radius 2 is 1.27 bits per heavy atom. The summed E-state index contributed by atoms with van der Waals surface area (Å²) < 4.78 is 0. The fraction of sp³-hybridized carbons (Fsp3) is 0.200. The SMILES string of the molecule is C=C1[C@H](C(=O)Nc2cccc(SC)c2)[C@H]1C(=O)Nc1cccc(SC)c1. The minimum absolute atomic E-state index is 0.189. The largest absolute Gasteiger partial charge is 0.326 e. The molecule has 0 radical (unpaired) electrons. The molecule has 0 saturated heterocycles. The van der Waals surface area contributed by atoms with E-state index in [2.05, 4.69) is 17.2 Å². The highest BCUT2D eigenvalue weighted by Gasteiger charge is 2.52. The molecule has 1 aliphatic rings. The third-order valence-corrected chi connectivity index (χ3v) is 5.71. The lowest BCUT2D eigenvalue weighted by Gasteiger charge is -2.07. The standard InChI is InChI=1S/C20H20N2O2S2/c1-12-17(19(23)21-13-6-4-8-15(10-13)25-2)18(12)20(24)22-14-7-5-9-16(11-14)26-3/h4-11,17-18H,1H2,2-3H3,(H,21,23)(H,22,24)/t17-,18-/m0/s1. The summed E-state index contributed by atoms with van der Waals surface area (Å²) in [7, 11) is 0. The lowest BCUT2D eigenvalue weighted by atomic mass is 10.2. The molecule has 0 spiro atoms. The number of amides is 2. The van der Waals surface area contributed by atoms with Crippen LogP contribution in [0.5, 0.6) is 0 Å². The van der Waals surface area contributed by atoms with Crippen molar-refractivity contribution in [1.82, 2.24) is 0 Å². The van der Waals surface area contributed by atoms with Gasteiger partial charge in [-0.1, -0.05) is 24.3 Å². The lowest BCUT2D eigenvalue weighted by molar-refractivity contribution is -0.122. The maximum absolute atomic E-state index is 12.5. The van der Waals surface area contributed by atoms with Crippen LogP contribution in [0.4, 0.5) is 11.4 Å². The van der Waals surface area contributed by atoms with Crippen molar-refractivity contribution in [3.8, 4) is 0 Å². The quantitative estimate of drug-likeness (QED) is 0.568. The molecule has 1 aliphatic carbocycles. The first-order valence-corrected chi connectivity index (χ1v) is 10.6. The number of thioether (sulfide) groups is 2. The molecule has 0 aliphatic heterocycles. The average Bonchev–Trinajstić information content (AvgIpc) is 3.33. The van der Waals surface area contributed by atoms with Crippen molar-refractivity contribution in [3.05, 3.63) is 60.7 Å². The molecular formula is C20H20N2O2S2. The maximum atomic E-state index is 12.5. The summed E-state index contributed by atoms with van der Waals surface area (Å²) in [6.45, 7) is 3.89. The predicted molar refractivity (Wildman–Crippen MR) is 110 cm³/mol. The van der Waals surface area contributed by atoms with Gasteiger partial charge >= 0.3 is 0 Å². The molecule has 0 unspecified atom stereocenters. The average molecular weight is 385 g/mol. The van der Waals surface area contributed by atoms with Gasteiger partial charge in [0.05, 0.1) is 11.8 Å². The number of hydrogen-bond donors (Lipinski definition) is 2. The van der Waals surface area contributed by atoms with E-state index in [9.17, 15) is 9.59 Å². The van der Waals surface area contributed by atoms with Crippen LogP contribution in [0.25, 0.3) is 0 Å². The smallest absolute Gasteiger partial charge is 0.232 e. The van der Waals surface area contributed by atoms with Gasteiger partial charge in [-0.3, -0.25) is 9.59 Å². The van der Waals surface area contributed by atoms with Gasteiger partial charge in [0.1, 0.15) is 0 Å². The van der Waals surface area contributed by atoms with Gasteiger partial charge < -0.3 is 10.6 Å². The molecule has 1 saturated carbocycles. The topological polar surface area (TPSA) is 58.2 Å². The van der Waals surface area contributed by atoms with E-state index < -0.39 is 11.8 Å². The van der Waals surface area contributed by atoms with Gasteiger partial charge in [-0.05, 0) is 48.9 Å². The maximum Gasteiger partial charge on any atom is 0.232 e. The molecule has 2 amide bonds. The first kappa shape index (κ1) is 18.6. The summed E-state index contributed by atoms with van der Waals surface area (Å²) in [6.07, 6.45) is 3.96. The van der Waals surface area contributed by atoms with E-state index in [1.165, 1.54) is 0 Å². The Morgan fingerprint density at radius 1 is 0.846 bits per heavy atom. The van der Waals surface area contributed by atoms with E-state index in [1.54, 1.807) is 23.5 Å². The van der Waals surface area contributed by atoms with Crippen molar-refractivity contribution in [2.75, 3.05) is 23.1 Å². The molecular weight excluding hydrogens is 364 g/mol. The van der Waals surface area contributed by atoms with Gasteiger partial charge in [0.25, 0.3) is 0 Å². The van der Waals surface area contributed by atoms with Gasteiger partial charge in [0.15, 0.2) is 0 Å². The molecule has 3 rings (SSSR count). The highest BCUT2D eigenvalue weighted by molar-refractivity contribution is 7.98. The fourth-order valence-corrected chi connectivity index (χ4v) is 3.71. The van der Waals surface area contributed by atoms with Crippen LogP contribution in [-0.4, -0.2) is 24.3 Å². The van der Waals surface area contributed by atoms with E-state index in [4.69, 9.17) is 0 Å². The first-order chi connectivity index (χ1) is 12.5. The molecule has 26 heavy (non-hydrogen) atoms. The monoisotopic (exact) mass is 384 g/mol. The molecule has 2 aromatic rings. The van der Waals surface area contributed by atoms with Crippen LogP contribution in [0.15, 0.2) is 70.5 Å². The molecule has 1 fully saturated rings. The molecule has 0 aromatic heterocycles. The number of benzene rings is 2. The van der Waals surface area contributed by atoms with E-state index in [1.807, 2.05) is 61.0 Å². The third kappa shape index (κ3) is 4.14. The van der Waals surface area contributed by atoms with Crippen LogP contribution in [0.3, 0.4) is 0 Å². The summed E-state index contributed by atoms with van der Waals surface area (Å²) in [6, 6.07) is 15.3. The lowest BCUT2D eigenvalue weighted by Crippen LogP contribution is -2.20. The first-order valence-electron chi connectivity index (χ1n) is 8.12. The van der Waals surface area contributed by atoms with Gasteiger partial charge in [-0.15, -0.1) is 23.5 Å². The Morgan fingerprint density at radius 3 is 1.65 bits per heavy atom. The van der Waals surface area contributed by atoms with Crippen LogP contribution in [0.1, 0.15) is 0 Å². The molecule has 4 nitrogen and oxygen atoms in total. The summed E-state index contributed by atoms with van der Waals surface area (Å²) in [4.78, 5) is 27.1. The molecule has 0 heterocycles. The van der Waals surface area contributed by atoms with Crippen LogP contribution >= 0.6 is 23.5 Å². The number of anilines is 2. The number of carbonyl (C=O) groups excluding carboxylic acids is 2. The Hall–Kier alpha value is -2.18. The van der Waals surface area contributed by atoms with Crippen molar-refractivity contribution in [2.45, 2.75) is 9.79 Å². The van der Waals surface area contributed by atoms with Crippen molar-refractivity contribution in [1.29, 1.82) is 0 Å². The van der Waals surface area contributed by atoms with E-state index in [0.29, 0.717) is 5.57 Å². The highest BCUT2D eigenvalue weighted by Crippen LogP contribution is 2.45. The van der Waals surface area contributed by atoms with E-state index in [-0.39, 0.29) is 11.8 Å². The summed E-state index contributed by atoms with van der Waals surface area (Å²) in [5.74, 6) is -1.33. The molecule has 2 N–H and O–H groups in total. The number of nitrogens with one attached hydrogen (secondary N) is 2. The van der Waals surface area contributed by atoms with Crippen molar-refractivity contribution < 1.29 is 9.59 Å². The zero-order valence-electron chi connectivity index (χ0n) is 14.6. The minimum atomic E-state index is -0.475. The van der Waals surface area contributed by atoms with Crippen molar-refractivity contribution in [2.24, 2.45) is 11.8 Å². The van der Waals surface area contributed by atoms with Crippen LogP contribution in [0.2, 0.25) is 0 Å². The van der Waals surface area contributed by atoms with Gasteiger partial charge in [-0.25, -0.2) is 0 Å². The Labute approximate surface area is 161 Å². The Balaban J connectivity index is 1.62. The van der Waals surface area contributed by atoms with E-state index in [0.717, 1.165) is 21.2 Å². The summed E-state index contributed by atoms with van der Waals surface area (Å²) in [5, 5.41) is 5.76. The normalized spacial score (nSPS) is 18.3. The summed E-state index contributed by atoms with van der Waals surface area (Å²) in [5.41, 5.74) is 2.11. The zero-order valence-corrected chi connectivity index (χ0v) is 16.2. The second-order valence-electron chi connectivity index (χ2n) is 5.97. The number of rotatable bonds is 6. The minimum Gasteiger partial charge on any atom is -0.326 e. The molecule has 2 aromatic carbocycles. The van der Waals surface area contributed by atoms with Crippen LogP contribution in [-0.2, 0) is 9.59 Å². The highest BCUT2D eigenvalue weighted by atomic mass is 32.2. The third-order valence-electron chi connectivity index (χ3n) is 4.26. The van der Waals surface area contributed by atoms with Crippen molar-refractivity contribution in [3.63, 3.8) is 0 Å². The summed E-state index contributed by atoms with van der Waals surface area (Å²) >= 11 is 3.22. The molecule has 0 bridgehead atoms. The molecule has 134 valence electrons. The van der Waals surface area contributed by atoms with Gasteiger partial charge in [0.2, 0.25) is 11.8 Å². The Kier molecular flexibility index (Phi) is 5.74. The van der Waals surface area contributed by atoms with Crippen LogP contribution in [0, 0.1) is 11.8 Å². The Bertz CT molecular complexity index is 797. The second-order valence-corrected chi connectivity index (χ2v) is 7.73. The second kappa shape index (κ2) is 8.01. The van der Waals surface area contributed by atoms with Crippen molar-refractivity contribution >= 4 is 46.7 Å². The van der Waals surface area contributed by atoms with Gasteiger partial charge in [0, 0.05) is 21.2 Å². The number of hydrogen-bond acceptors (Lipinski definition) is 4.